The van der Waals surface area contributed by atoms with Crippen LogP contribution in [0.2, 0.25) is 0 Å². The Morgan fingerprint density at radius 2 is 1.69 bits per heavy atom. The van der Waals surface area contributed by atoms with Gasteiger partial charge in [-0.3, -0.25) is 0 Å². The molecule has 4 nitrogen and oxygen atoms in total. The number of hydrogen-bond acceptors (Lipinski definition) is 4. The second kappa shape index (κ2) is 9.06. The number of aliphatic hydroxyl groups is 2. The predicted octanol–water partition coefficient (Wildman–Crippen LogP) is 3.81. The lowest BCUT2D eigenvalue weighted by Crippen LogP contribution is -2.26. The number of benzene rings is 2. The van der Waals surface area contributed by atoms with E-state index in [4.69, 9.17) is 0 Å². The standard InChI is InChI=1S/C22H30O4/c1-14-4-8-19(22(26)10-14)15(2)12-21(25)18(13-23)7-5-17-6-9-20(24)16(3)11-17/h4,6,8-11,15,18,21,23-26H,5,7,12-13H2,1-3H3. The van der Waals surface area contributed by atoms with Gasteiger partial charge in [0.2, 0.25) is 0 Å². The van der Waals surface area contributed by atoms with Crippen molar-refractivity contribution in [1.29, 1.82) is 0 Å². The molecule has 0 spiro atoms. The summed E-state index contributed by atoms with van der Waals surface area (Å²) in [5.74, 6) is 0.304. The van der Waals surface area contributed by atoms with E-state index in [-0.39, 0.29) is 29.9 Å². The summed E-state index contributed by atoms with van der Waals surface area (Å²) in [6, 6.07) is 11.1. The summed E-state index contributed by atoms with van der Waals surface area (Å²) in [5, 5.41) is 40.0. The van der Waals surface area contributed by atoms with Crippen LogP contribution in [-0.2, 0) is 6.42 Å². The first kappa shape index (κ1) is 20.3. The van der Waals surface area contributed by atoms with Gasteiger partial charge in [-0.25, -0.2) is 0 Å². The van der Waals surface area contributed by atoms with E-state index >= 15 is 0 Å². The molecule has 2 aromatic carbocycles. The van der Waals surface area contributed by atoms with Gasteiger partial charge < -0.3 is 20.4 Å². The Balaban J connectivity index is 1.96. The number of aromatic hydroxyl groups is 2. The van der Waals surface area contributed by atoms with Gasteiger partial charge in [0.25, 0.3) is 0 Å². The zero-order valence-corrected chi connectivity index (χ0v) is 15.8. The second-order valence-corrected chi connectivity index (χ2v) is 7.37. The molecule has 0 radical (unpaired) electrons. The van der Waals surface area contributed by atoms with Crippen molar-refractivity contribution in [3.63, 3.8) is 0 Å². The summed E-state index contributed by atoms with van der Waals surface area (Å²) in [5.41, 5.74) is 3.72. The molecule has 0 bridgehead atoms. The van der Waals surface area contributed by atoms with Gasteiger partial charge in [0.1, 0.15) is 11.5 Å². The maximum Gasteiger partial charge on any atom is 0.119 e. The topological polar surface area (TPSA) is 80.9 Å². The normalized spacial score (nSPS) is 14.8. The number of aryl methyl sites for hydroxylation is 3. The van der Waals surface area contributed by atoms with E-state index in [0.29, 0.717) is 12.8 Å². The summed E-state index contributed by atoms with van der Waals surface area (Å²) in [4.78, 5) is 0. The first-order valence-electron chi connectivity index (χ1n) is 9.18. The summed E-state index contributed by atoms with van der Waals surface area (Å²) < 4.78 is 0. The molecule has 3 unspecified atom stereocenters. The third-order valence-corrected chi connectivity index (χ3v) is 5.16. The van der Waals surface area contributed by atoms with Gasteiger partial charge in [-0.15, -0.1) is 0 Å². The molecule has 4 heteroatoms. The Morgan fingerprint density at radius 3 is 2.31 bits per heavy atom. The molecule has 3 atom stereocenters. The fourth-order valence-electron chi connectivity index (χ4n) is 3.38. The minimum absolute atomic E-state index is 0.00410. The van der Waals surface area contributed by atoms with Crippen molar-refractivity contribution in [2.45, 2.75) is 52.1 Å². The molecule has 26 heavy (non-hydrogen) atoms. The summed E-state index contributed by atoms with van der Waals surface area (Å²) in [7, 11) is 0. The van der Waals surface area contributed by atoms with Gasteiger partial charge in [0.15, 0.2) is 0 Å². The van der Waals surface area contributed by atoms with Crippen molar-refractivity contribution in [3.05, 3.63) is 58.7 Å². The molecule has 0 aliphatic rings. The fourth-order valence-corrected chi connectivity index (χ4v) is 3.38. The van der Waals surface area contributed by atoms with Crippen molar-refractivity contribution < 1.29 is 20.4 Å². The molecule has 2 rings (SSSR count). The first-order chi connectivity index (χ1) is 12.3. The molecule has 0 saturated carbocycles. The zero-order chi connectivity index (χ0) is 19.3. The van der Waals surface area contributed by atoms with Gasteiger partial charge in [0.05, 0.1) is 6.10 Å². The van der Waals surface area contributed by atoms with Crippen molar-refractivity contribution >= 4 is 0 Å². The van der Waals surface area contributed by atoms with E-state index < -0.39 is 6.10 Å². The highest BCUT2D eigenvalue weighted by Crippen LogP contribution is 2.31. The van der Waals surface area contributed by atoms with Crippen molar-refractivity contribution in [3.8, 4) is 11.5 Å². The van der Waals surface area contributed by atoms with E-state index in [2.05, 4.69) is 0 Å². The molecular weight excluding hydrogens is 328 g/mol. The van der Waals surface area contributed by atoms with E-state index in [1.807, 2.05) is 45.0 Å². The highest BCUT2D eigenvalue weighted by atomic mass is 16.3. The molecule has 0 heterocycles. The average molecular weight is 358 g/mol. The number of phenols is 2. The van der Waals surface area contributed by atoms with Crippen LogP contribution in [-0.4, -0.2) is 33.1 Å². The third kappa shape index (κ3) is 5.23. The van der Waals surface area contributed by atoms with Crippen LogP contribution in [0.1, 0.15) is 47.9 Å². The molecule has 2 aromatic rings. The quantitative estimate of drug-likeness (QED) is 0.578. The second-order valence-electron chi connectivity index (χ2n) is 7.37. The maximum absolute atomic E-state index is 10.6. The van der Waals surface area contributed by atoms with Crippen molar-refractivity contribution in [2.75, 3.05) is 6.61 Å². The minimum atomic E-state index is -0.645. The van der Waals surface area contributed by atoms with Gasteiger partial charge in [-0.05, 0) is 73.4 Å². The summed E-state index contributed by atoms with van der Waals surface area (Å²) in [6.07, 6.45) is 1.23. The van der Waals surface area contributed by atoms with Crippen LogP contribution in [0.25, 0.3) is 0 Å². The number of hydrogen-bond donors (Lipinski definition) is 4. The lowest BCUT2D eigenvalue weighted by atomic mass is 9.86. The monoisotopic (exact) mass is 358 g/mol. The number of phenolic OH excluding ortho intramolecular Hbond substituents is 2. The Bertz CT molecular complexity index is 726. The average Bonchev–Trinajstić information content (AvgIpc) is 2.58. The third-order valence-electron chi connectivity index (χ3n) is 5.16. The summed E-state index contributed by atoms with van der Waals surface area (Å²) >= 11 is 0. The Labute approximate surface area is 155 Å². The molecule has 0 fully saturated rings. The van der Waals surface area contributed by atoms with Crippen LogP contribution in [0.3, 0.4) is 0 Å². The van der Waals surface area contributed by atoms with Crippen molar-refractivity contribution in [1.82, 2.24) is 0 Å². The zero-order valence-electron chi connectivity index (χ0n) is 15.8. The molecular formula is C22H30O4. The predicted molar refractivity (Wildman–Crippen MR) is 104 cm³/mol. The molecule has 0 saturated heterocycles. The Kier molecular flexibility index (Phi) is 7.06. The van der Waals surface area contributed by atoms with Gasteiger partial charge in [0, 0.05) is 12.5 Å². The van der Waals surface area contributed by atoms with Crippen LogP contribution in [0, 0.1) is 19.8 Å². The molecule has 0 aliphatic heterocycles. The molecule has 4 N–H and O–H groups in total. The Hall–Kier alpha value is -2.04. The lowest BCUT2D eigenvalue weighted by molar-refractivity contribution is 0.0521. The number of rotatable bonds is 8. The highest BCUT2D eigenvalue weighted by molar-refractivity contribution is 5.38. The van der Waals surface area contributed by atoms with Crippen LogP contribution < -0.4 is 0 Å². The Morgan fingerprint density at radius 1 is 0.962 bits per heavy atom. The minimum Gasteiger partial charge on any atom is -0.508 e. The summed E-state index contributed by atoms with van der Waals surface area (Å²) in [6.45, 7) is 5.68. The SMILES string of the molecule is Cc1ccc(C(C)CC(O)C(CO)CCc2ccc(O)c(C)c2)c(O)c1. The van der Waals surface area contributed by atoms with Crippen LogP contribution >= 0.6 is 0 Å². The molecule has 0 aliphatic carbocycles. The molecule has 0 amide bonds. The molecule has 0 aromatic heterocycles. The van der Waals surface area contributed by atoms with E-state index in [0.717, 1.165) is 28.7 Å². The maximum atomic E-state index is 10.6. The van der Waals surface area contributed by atoms with E-state index in [1.54, 1.807) is 12.1 Å². The van der Waals surface area contributed by atoms with E-state index in [1.165, 1.54) is 0 Å². The van der Waals surface area contributed by atoms with Gasteiger partial charge in [-0.2, -0.15) is 0 Å². The van der Waals surface area contributed by atoms with Gasteiger partial charge >= 0.3 is 0 Å². The van der Waals surface area contributed by atoms with Crippen LogP contribution in [0.5, 0.6) is 11.5 Å². The van der Waals surface area contributed by atoms with Crippen LogP contribution in [0.4, 0.5) is 0 Å². The smallest absolute Gasteiger partial charge is 0.119 e. The number of aliphatic hydroxyl groups excluding tert-OH is 2. The van der Waals surface area contributed by atoms with Crippen LogP contribution in [0.15, 0.2) is 36.4 Å². The van der Waals surface area contributed by atoms with E-state index in [9.17, 15) is 20.4 Å². The fraction of sp³-hybridized carbons (Fsp3) is 0.455. The lowest BCUT2D eigenvalue weighted by Gasteiger charge is -2.24. The van der Waals surface area contributed by atoms with Gasteiger partial charge in [-0.1, -0.05) is 31.2 Å². The highest BCUT2D eigenvalue weighted by Gasteiger charge is 2.22. The molecule has 142 valence electrons. The van der Waals surface area contributed by atoms with Crippen molar-refractivity contribution in [2.24, 2.45) is 5.92 Å². The first-order valence-corrected chi connectivity index (χ1v) is 9.18. The largest absolute Gasteiger partial charge is 0.508 e.